The summed E-state index contributed by atoms with van der Waals surface area (Å²) in [6.45, 7) is 0. The van der Waals surface area contributed by atoms with E-state index >= 15 is 0 Å². The minimum absolute atomic E-state index is 0.138. The van der Waals surface area contributed by atoms with E-state index < -0.39 is 35.6 Å². The molecule has 1 saturated heterocycles. The third-order valence-electron chi connectivity index (χ3n) is 3.56. The zero-order valence-electron chi connectivity index (χ0n) is 12.2. The predicted molar refractivity (Wildman–Crippen MR) is 82.3 cm³/mol. The number of aliphatic hydroxyl groups excluding tert-OH is 3. The van der Waals surface area contributed by atoms with Crippen molar-refractivity contribution in [2.75, 3.05) is 5.75 Å². The highest BCUT2D eigenvalue weighted by Crippen LogP contribution is 2.31. The Morgan fingerprint density at radius 1 is 1.04 bits per heavy atom. The molecule has 0 aliphatic carbocycles. The minimum atomic E-state index is -1.38. The lowest BCUT2D eigenvalue weighted by atomic mass is 10.1. The van der Waals surface area contributed by atoms with Gasteiger partial charge in [0.2, 0.25) is 5.95 Å². The molecule has 24 heavy (non-hydrogen) atoms. The molecule has 0 spiro atoms. The van der Waals surface area contributed by atoms with Crippen molar-refractivity contribution in [1.29, 1.82) is 0 Å². The van der Waals surface area contributed by atoms with E-state index in [0.717, 1.165) is 17.8 Å². The summed E-state index contributed by atoms with van der Waals surface area (Å²) in [7, 11) is 0. The largest absolute Gasteiger partial charge is 0.472 e. The highest BCUT2D eigenvalue weighted by molar-refractivity contribution is 7.99. The molecule has 3 heterocycles. The molecule has 1 aliphatic heterocycles. The Bertz CT molecular complexity index is 719. The predicted octanol–water partition coefficient (Wildman–Crippen LogP) is 0.956. The summed E-state index contributed by atoms with van der Waals surface area (Å²) in [5.41, 5.74) is 0.0112. The quantitative estimate of drug-likeness (QED) is 0.705. The summed E-state index contributed by atoms with van der Waals surface area (Å²) in [5, 5.41) is 29.1. The molecule has 0 saturated carbocycles. The average Bonchev–Trinajstić information content (AvgIpc) is 2.58. The van der Waals surface area contributed by atoms with Crippen LogP contribution in [0.2, 0.25) is 0 Å². The zero-order chi connectivity index (χ0) is 17.3. The summed E-state index contributed by atoms with van der Waals surface area (Å²) in [5.74, 6) is -1.61. The number of aromatic nitrogens is 2. The van der Waals surface area contributed by atoms with E-state index in [1.807, 2.05) is 0 Å². The molecule has 2 aromatic rings. The molecule has 9 heteroatoms. The van der Waals surface area contributed by atoms with Gasteiger partial charge in [0.15, 0.2) is 11.2 Å². The van der Waals surface area contributed by atoms with Gasteiger partial charge in [-0.05, 0) is 18.2 Å². The zero-order valence-corrected chi connectivity index (χ0v) is 13.0. The number of pyridine rings is 2. The van der Waals surface area contributed by atoms with E-state index in [9.17, 15) is 24.1 Å². The van der Waals surface area contributed by atoms with Crippen molar-refractivity contribution in [2.24, 2.45) is 0 Å². The molecule has 0 amide bonds. The smallest absolute Gasteiger partial charge is 0.255 e. The lowest BCUT2D eigenvalue weighted by Crippen LogP contribution is -2.50. The van der Waals surface area contributed by atoms with Crippen LogP contribution >= 0.6 is 11.8 Å². The minimum Gasteiger partial charge on any atom is -0.472 e. The lowest BCUT2D eigenvalue weighted by molar-refractivity contribution is -0.0790. The van der Waals surface area contributed by atoms with Crippen LogP contribution in [0.4, 0.5) is 8.78 Å². The van der Waals surface area contributed by atoms with Gasteiger partial charge in [0.25, 0.3) is 5.95 Å². The SMILES string of the molecule is O[C@@H]1[C@@H](O)[C@@H](Oc2cc(-c3ccc(F)nc3)cnc2F)SC[C@H]1O. The van der Waals surface area contributed by atoms with Gasteiger partial charge in [-0.15, -0.1) is 11.8 Å². The first-order valence-corrected chi connectivity index (χ1v) is 8.10. The Balaban J connectivity index is 1.83. The molecule has 0 bridgehead atoms. The number of halogens is 2. The molecule has 0 radical (unpaired) electrons. The van der Waals surface area contributed by atoms with Crippen LogP contribution in [0.1, 0.15) is 0 Å². The number of hydrogen-bond donors (Lipinski definition) is 3. The van der Waals surface area contributed by atoms with Gasteiger partial charge < -0.3 is 20.1 Å². The van der Waals surface area contributed by atoms with Crippen molar-refractivity contribution in [3.05, 3.63) is 42.5 Å². The van der Waals surface area contributed by atoms with E-state index in [1.165, 1.54) is 24.5 Å². The van der Waals surface area contributed by atoms with Gasteiger partial charge in [0.1, 0.15) is 12.2 Å². The first-order chi connectivity index (χ1) is 11.5. The molecule has 2 aromatic heterocycles. The third-order valence-corrected chi connectivity index (χ3v) is 4.80. The van der Waals surface area contributed by atoms with Gasteiger partial charge in [-0.25, -0.2) is 9.97 Å². The first-order valence-electron chi connectivity index (χ1n) is 7.05. The number of aliphatic hydroxyl groups is 3. The van der Waals surface area contributed by atoms with Gasteiger partial charge in [-0.1, -0.05) is 0 Å². The highest BCUT2D eigenvalue weighted by atomic mass is 32.2. The molecule has 4 atom stereocenters. The van der Waals surface area contributed by atoms with Gasteiger partial charge in [-0.2, -0.15) is 8.78 Å². The Morgan fingerprint density at radius 2 is 1.79 bits per heavy atom. The van der Waals surface area contributed by atoms with Crippen molar-refractivity contribution in [3.8, 4) is 16.9 Å². The topological polar surface area (TPSA) is 95.7 Å². The molecule has 128 valence electrons. The van der Waals surface area contributed by atoms with E-state index in [0.29, 0.717) is 11.1 Å². The van der Waals surface area contributed by atoms with Gasteiger partial charge >= 0.3 is 0 Å². The fraction of sp³-hybridized carbons (Fsp3) is 0.333. The summed E-state index contributed by atoms with van der Waals surface area (Å²) in [6, 6.07) is 3.98. The summed E-state index contributed by atoms with van der Waals surface area (Å²) < 4.78 is 32.2. The van der Waals surface area contributed by atoms with Crippen LogP contribution in [0.15, 0.2) is 30.6 Å². The standard InChI is InChI=1S/C15H14F2N2O4S/c16-11-2-1-7(4-18-11)8-3-10(14(17)19-5-8)23-15-13(22)12(21)9(20)6-24-15/h1-5,9,12-13,15,20-22H,6H2/t9-,12+,13-,15+/m1/s1. The number of hydrogen-bond acceptors (Lipinski definition) is 7. The second-order valence-corrected chi connectivity index (χ2v) is 6.38. The Labute approximate surface area is 140 Å². The van der Waals surface area contributed by atoms with Crippen LogP contribution in [-0.4, -0.2) is 54.8 Å². The van der Waals surface area contributed by atoms with Gasteiger partial charge in [0, 0.05) is 29.3 Å². The van der Waals surface area contributed by atoms with Crippen molar-refractivity contribution < 1.29 is 28.8 Å². The molecular weight excluding hydrogens is 342 g/mol. The van der Waals surface area contributed by atoms with Crippen molar-refractivity contribution in [3.63, 3.8) is 0 Å². The molecule has 3 N–H and O–H groups in total. The molecule has 1 fully saturated rings. The number of ether oxygens (including phenoxy) is 1. The van der Waals surface area contributed by atoms with Crippen LogP contribution in [0.25, 0.3) is 11.1 Å². The number of rotatable bonds is 3. The third kappa shape index (κ3) is 3.48. The maximum absolute atomic E-state index is 13.9. The average molecular weight is 356 g/mol. The Morgan fingerprint density at radius 3 is 2.50 bits per heavy atom. The van der Waals surface area contributed by atoms with Gasteiger partial charge in [-0.3, -0.25) is 0 Å². The summed E-state index contributed by atoms with van der Waals surface area (Å²) in [6.07, 6.45) is -1.31. The summed E-state index contributed by atoms with van der Waals surface area (Å²) in [4.78, 5) is 7.11. The van der Waals surface area contributed by atoms with Crippen LogP contribution in [0, 0.1) is 11.9 Å². The van der Waals surface area contributed by atoms with Crippen LogP contribution in [-0.2, 0) is 0 Å². The highest BCUT2D eigenvalue weighted by Gasteiger charge is 2.39. The fourth-order valence-corrected chi connectivity index (χ4v) is 3.34. The second kappa shape index (κ2) is 6.98. The normalized spacial score (nSPS) is 27.0. The van der Waals surface area contributed by atoms with E-state index in [-0.39, 0.29) is 11.5 Å². The van der Waals surface area contributed by atoms with Gasteiger partial charge in [0.05, 0.1) is 6.10 Å². The monoisotopic (exact) mass is 356 g/mol. The second-order valence-electron chi connectivity index (χ2n) is 5.25. The van der Waals surface area contributed by atoms with E-state index in [1.54, 1.807) is 0 Å². The maximum atomic E-state index is 13.9. The van der Waals surface area contributed by atoms with Crippen LogP contribution in [0.5, 0.6) is 5.75 Å². The molecule has 3 rings (SSSR count). The maximum Gasteiger partial charge on any atom is 0.255 e. The molecule has 1 aliphatic rings. The number of thioether (sulfide) groups is 1. The van der Waals surface area contributed by atoms with Crippen LogP contribution < -0.4 is 4.74 Å². The Hall–Kier alpha value is -1.81. The van der Waals surface area contributed by atoms with Crippen molar-refractivity contribution in [2.45, 2.75) is 23.7 Å². The first kappa shape index (κ1) is 17.0. The molecular formula is C15H14F2N2O4S. The van der Waals surface area contributed by atoms with Crippen molar-refractivity contribution in [1.82, 2.24) is 9.97 Å². The molecule has 0 unspecified atom stereocenters. The molecule has 6 nitrogen and oxygen atoms in total. The lowest BCUT2D eigenvalue weighted by Gasteiger charge is -2.34. The number of nitrogens with zero attached hydrogens (tertiary/aromatic N) is 2. The van der Waals surface area contributed by atoms with Crippen molar-refractivity contribution >= 4 is 11.8 Å². The van der Waals surface area contributed by atoms with E-state index in [2.05, 4.69) is 9.97 Å². The van der Waals surface area contributed by atoms with Crippen LogP contribution in [0.3, 0.4) is 0 Å². The summed E-state index contributed by atoms with van der Waals surface area (Å²) >= 11 is 1.05. The fourth-order valence-electron chi connectivity index (χ4n) is 2.22. The van der Waals surface area contributed by atoms with E-state index in [4.69, 9.17) is 4.74 Å². The molecule has 0 aromatic carbocycles. The Kier molecular flexibility index (Phi) is 4.95.